The monoisotopic (exact) mass is 1750 g/mol. The van der Waals surface area contributed by atoms with Gasteiger partial charge in [0.05, 0.1) is 45.2 Å². The average molecular weight is 1750 g/mol. The fraction of sp³-hybridized carbons (Fsp3) is 0.602. The summed E-state index contributed by atoms with van der Waals surface area (Å²) in [5.41, 5.74) is 1.30. The molecule has 5 aliphatic rings. The quantitative estimate of drug-likeness (QED) is 0.0213. The maximum atomic E-state index is 13.1. The van der Waals surface area contributed by atoms with Crippen LogP contribution in [0.2, 0.25) is 0 Å². The maximum Gasteiger partial charge on any atom is 0.335 e. The number of aliphatic hydroxyl groups is 16. The number of carbonyl (C=O) groups excluding carboxylic acids is 3. The summed E-state index contributed by atoms with van der Waals surface area (Å²) in [5, 5.41) is 201. The van der Waals surface area contributed by atoms with Crippen molar-refractivity contribution in [2.45, 2.75) is 281 Å². The van der Waals surface area contributed by atoms with Crippen LogP contribution in [0.15, 0.2) is 30.3 Å². The van der Waals surface area contributed by atoms with Crippen molar-refractivity contribution in [3.05, 3.63) is 35.9 Å². The fourth-order valence-electron chi connectivity index (χ4n) is 12.9. The number of hydrogen-bond donors (Lipinski definition) is 21. The number of hydrogen-bond acceptors (Lipinski definition) is 32. The Labute approximate surface area is 722 Å². The molecule has 1 aromatic carbocycles. The lowest BCUT2D eigenvalue weighted by atomic mass is 9.95. The lowest BCUT2D eigenvalue weighted by Crippen LogP contribution is -2.68. The summed E-state index contributed by atoms with van der Waals surface area (Å²) in [7, 11) is 0. The molecule has 5 fully saturated rings. The van der Waals surface area contributed by atoms with Crippen molar-refractivity contribution in [3.63, 3.8) is 0 Å². The van der Waals surface area contributed by atoms with E-state index in [0.29, 0.717) is 38.6 Å². The van der Waals surface area contributed by atoms with Crippen molar-refractivity contribution in [3.8, 4) is 142 Å². The molecule has 0 bridgehead atoms. The molecule has 125 heavy (non-hydrogen) atoms. The Kier molecular flexibility index (Phi) is 48.0. The molecule has 21 N–H and O–H groups in total. The van der Waals surface area contributed by atoms with Crippen molar-refractivity contribution >= 4 is 29.7 Å². The zero-order chi connectivity index (χ0) is 91.0. The Balaban J connectivity index is 0.869. The number of rotatable bonds is 43. The van der Waals surface area contributed by atoms with Crippen LogP contribution in [0.1, 0.15) is 109 Å². The molecule has 1 aromatic rings. The van der Waals surface area contributed by atoms with Crippen LogP contribution in [-0.2, 0) is 82.5 Å². The molecule has 0 spiro atoms. The number of ether oxygens (including phenoxy) is 11. The second-order valence-electron chi connectivity index (χ2n) is 28.7. The first kappa shape index (κ1) is 104. The van der Waals surface area contributed by atoms with E-state index in [1.807, 2.05) is 18.2 Å². The van der Waals surface area contributed by atoms with Gasteiger partial charge in [-0.2, -0.15) is 0 Å². The Hall–Kier alpha value is -9.79. The normalized spacial score (nSPS) is 29.4. The van der Waals surface area contributed by atoms with Crippen LogP contribution in [-0.4, -0.2) is 346 Å². The highest BCUT2D eigenvalue weighted by Gasteiger charge is 2.57. The van der Waals surface area contributed by atoms with Crippen molar-refractivity contribution < 1.29 is 168 Å². The number of unbranched alkanes of at least 4 members (excludes halogenated alkanes) is 9. The van der Waals surface area contributed by atoms with Gasteiger partial charge in [-0.15, -0.1) is 0 Å². The number of benzene rings is 1. The minimum absolute atomic E-state index is 0.00190. The lowest BCUT2D eigenvalue weighted by molar-refractivity contribution is -0.385. The first-order valence-corrected chi connectivity index (χ1v) is 40.3. The molecule has 5 aliphatic heterocycles. The van der Waals surface area contributed by atoms with E-state index in [4.69, 9.17) is 52.1 Å². The molecule has 0 aliphatic carbocycles. The minimum atomic E-state index is -2.34. The highest BCUT2D eigenvalue weighted by molar-refractivity contribution is 5.94. The summed E-state index contributed by atoms with van der Waals surface area (Å²) in [6.45, 7) is -1.24. The van der Waals surface area contributed by atoms with Crippen LogP contribution >= 0.6 is 0 Å². The van der Waals surface area contributed by atoms with Gasteiger partial charge in [0, 0.05) is 74.0 Å². The molecule has 3 amide bonds. The Morgan fingerprint density at radius 2 is 0.832 bits per heavy atom. The number of aliphatic hydroxyl groups excluding tert-OH is 16. The van der Waals surface area contributed by atoms with Gasteiger partial charge >= 0.3 is 11.9 Å². The van der Waals surface area contributed by atoms with Gasteiger partial charge in [-0.25, -0.2) is 9.59 Å². The zero-order valence-electron chi connectivity index (χ0n) is 68.1. The maximum absolute atomic E-state index is 13.1. The Bertz CT molecular complexity index is 4430. The predicted molar refractivity (Wildman–Crippen MR) is 431 cm³/mol. The molecule has 37 heteroatoms. The van der Waals surface area contributed by atoms with Crippen LogP contribution in [0.5, 0.6) is 0 Å². The van der Waals surface area contributed by atoms with E-state index in [9.17, 15) is 116 Å². The molecule has 28 atom stereocenters. The number of carboxylic acids is 2. The fourth-order valence-corrected chi connectivity index (χ4v) is 12.9. The van der Waals surface area contributed by atoms with E-state index in [1.54, 1.807) is 6.92 Å². The first-order chi connectivity index (χ1) is 60.2. The second-order valence-corrected chi connectivity index (χ2v) is 28.7. The molecular formula is C88H105N3O34. The zero-order valence-corrected chi connectivity index (χ0v) is 68.1. The van der Waals surface area contributed by atoms with Crippen molar-refractivity contribution in [2.24, 2.45) is 0 Å². The number of aryl methyl sites for hydroxylation is 1. The number of carboxylic acid groups (broad SMARTS) is 2. The smallest absolute Gasteiger partial charge is 0.335 e. The topological polar surface area (TPSA) is 587 Å². The molecule has 25 unspecified atom stereocenters. The van der Waals surface area contributed by atoms with Gasteiger partial charge in [0.25, 0.3) is 5.91 Å². The highest BCUT2D eigenvalue weighted by atomic mass is 16.8. The summed E-state index contributed by atoms with van der Waals surface area (Å²) in [4.78, 5) is 62.4. The van der Waals surface area contributed by atoms with Gasteiger partial charge in [0.2, 0.25) is 11.8 Å². The van der Waals surface area contributed by atoms with Crippen LogP contribution < -0.4 is 16.0 Å². The Morgan fingerprint density at radius 1 is 0.408 bits per heavy atom. The molecule has 5 heterocycles. The van der Waals surface area contributed by atoms with Gasteiger partial charge in [-0.3, -0.25) is 14.4 Å². The van der Waals surface area contributed by atoms with E-state index < -0.39 is 215 Å². The molecule has 0 radical (unpaired) electrons. The summed E-state index contributed by atoms with van der Waals surface area (Å²) in [6.07, 6.45) is -42.6. The van der Waals surface area contributed by atoms with Crippen LogP contribution in [0, 0.1) is 142 Å². The minimum Gasteiger partial charge on any atom is -0.479 e. The number of nitrogens with one attached hydrogen (secondary N) is 3. The predicted octanol–water partition coefficient (Wildman–Crippen LogP) is -7.11. The van der Waals surface area contributed by atoms with E-state index in [0.717, 1.165) is 44.9 Å². The van der Waals surface area contributed by atoms with Crippen molar-refractivity contribution in [1.82, 2.24) is 16.0 Å². The van der Waals surface area contributed by atoms with Gasteiger partial charge in [-0.05, 0) is 146 Å². The SMILES string of the molecule is CC#CC#CC#CC#CC#CC#CC#CC#CC#CC#CC#CC#CC(=O)N[C@@H](COC1OC(COCCCCCCNC(=O)CCCC(=O)NCCOC2OC(CO)C(OC3OC(C(=O)O)C(O)C(OC4OC(CO)C(OC5OC(C(=O)O)C(O)C(O)C5O)C(O)C4O)C3O)C(O)C2O)C(O)C(O)C1O)[C@H](O)[C@H](O)CCCCCCCCCc1ccccc1. The average Bonchev–Trinajstić information content (AvgIpc) is 0.769. The molecular weight excluding hydrogens is 1640 g/mol. The third-order valence-electron chi connectivity index (χ3n) is 19.6. The summed E-state index contributed by atoms with van der Waals surface area (Å²) in [5.74, 6) is 53.9. The van der Waals surface area contributed by atoms with E-state index in [1.165, 1.54) is 5.56 Å². The molecule has 0 saturated carbocycles. The lowest BCUT2D eigenvalue weighted by Gasteiger charge is -2.48. The third-order valence-corrected chi connectivity index (χ3v) is 19.6. The van der Waals surface area contributed by atoms with E-state index >= 15 is 0 Å². The number of carbonyl (C=O) groups is 5. The molecule has 6 rings (SSSR count). The van der Waals surface area contributed by atoms with E-state index in [-0.39, 0.29) is 58.0 Å². The Morgan fingerprint density at radius 3 is 1.38 bits per heavy atom. The molecule has 37 nitrogen and oxygen atoms in total. The highest BCUT2D eigenvalue weighted by Crippen LogP contribution is 2.36. The molecule has 676 valence electrons. The number of amides is 3. The second kappa shape index (κ2) is 57.7. The first-order valence-electron chi connectivity index (χ1n) is 40.3. The largest absolute Gasteiger partial charge is 0.479 e. The molecule has 5 saturated heterocycles. The van der Waals surface area contributed by atoms with Crippen LogP contribution in [0.4, 0.5) is 0 Å². The summed E-state index contributed by atoms with van der Waals surface area (Å²) < 4.78 is 61.1. The summed E-state index contributed by atoms with van der Waals surface area (Å²) in [6, 6.07) is 8.92. The van der Waals surface area contributed by atoms with Crippen molar-refractivity contribution in [1.29, 1.82) is 0 Å². The third kappa shape index (κ3) is 35.5. The van der Waals surface area contributed by atoms with Crippen LogP contribution in [0.25, 0.3) is 0 Å². The van der Waals surface area contributed by atoms with Gasteiger partial charge in [0.1, 0.15) is 116 Å². The van der Waals surface area contributed by atoms with Crippen molar-refractivity contribution in [2.75, 3.05) is 52.7 Å². The standard InChI is InChI=1S/C88H105N3O34/c1-2-3-4-5-6-7-8-9-10-11-12-13-14-15-16-17-18-19-20-21-25-28-36-44-63(97)91-56(64(98)57(94)43-35-27-24-22-23-26-32-40-55-41-33-31-34-42-55)53-117-85-71(105)66(100)65(99)60(120-85)54-115-49-38-30-29-37-47-89-61(95)45-39-46-62(96)90-48-50-116-84-73(107)69(103)77(58(51-92)118-84)122-88-76(110)79(75(109)81(125-88)83(113)114)123-86-74(108)70(104)78(59(52-93)119-86)121-87-72(106)67(101)68(102)80(124-87)82(111)112/h31,33-34,41-42,56-60,64-81,84-88,92-94,98-110H,22-24,26-27,29-30,32,35,37-40,43,45-54H2,1H3,(H,89,95)(H,90,96)(H,91,97)(H,111,112)(H,113,114)/t56-,57+,58?,59?,60?,64-,65?,66?,67?,68?,69?,70?,71?,72?,73?,74?,75?,76?,77?,78?,79?,80?,81?,84?,85?,86?,87?,88?/m0/s1. The molecule has 0 aromatic heterocycles. The van der Waals surface area contributed by atoms with Crippen LogP contribution in [0.3, 0.4) is 0 Å². The summed E-state index contributed by atoms with van der Waals surface area (Å²) >= 11 is 0. The van der Waals surface area contributed by atoms with Gasteiger partial charge in [-0.1, -0.05) is 87.6 Å². The van der Waals surface area contributed by atoms with Gasteiger partial charge in [0.15, 0.2) is 43.7 Å². The van der Waals surface area contributed by atoms with Gasteiger partial charge < -0.3 is 160 Å². The number of aliphatic carboxylic acids is 2. The van der Waals surface area contributed by atoms with E-state index in [2.05, 4.69) is 170 Å².